The molecule has 0 fully saturated rings. The van der Waals surface area contributed by atoms with Crippen LogP contribution in [0.25, 0.3) is 10.9 Å². The van der Waals surface area contributed by atoms with Gasteiger partial charge >= 0.3 is 5.97 Å². The van der Waals surface area contributed by atoms with Crippen LogP contribution in [0.15, 0.2) is 18.2 Å². The summed E-state index contributed by atoms with van der Waals surface area (Å²) in [5.74, 6) is -0.199. The molecule has 0 bridgehead atoms. The van der Waals surface area contributed by atoms with Crippen LogP contribution in [0.2, 0.25) is 0 Å². The van der Waals surface area contributed by atoms with Crippen molar-refractivity contribution in [2.45, 2.75) is 59.3 Å². The van der Waals surface area contributed by atoms with Gasteiger partial charge in [-0.05, 0) is 43.5 Å². The Morgan fingerprint density at radius 3 is 2.65 bits per heavy atom. The molecule has 0 amide bonds. The first-order valence-corrected chi connectivity index (χ1v) is 8.37. The Kier molecular flexibility index (Phi) is 5.81. The van der Waals surface area contributed by atoms with Gasteiger partial charge in [0.1, 0.15) is 0 Å². The molecule has 0 saturated carbocycles. The van der Waals surface area contributed by atoms with Gasteiger partial charge in [0.15, 0.2) is 0 Å². The molecule has 0 atom stereocenters. The highest BCUT2D eigenvalue weighted by molar-refractivity contribution is 5.84. The zero-order valence-electron chi connectivity index (χ0n) is 14.2. The van der Waals surface area contributed by atoms with E-state index >= 15 is 0 Å². The van der Waals surface area contributed by atoms with Gasteiger partial charge in [-0.15, -0.1) is 0 Å². The first-order valence-electron chi connectivity index (χ1n) is 8.37. The lowest BCUT2D eigenvalue weighted by atomic mass is 10.1. The molecule has 0 aliphatic rings. The highest BCUT2D eigenvalue weighted by atomic mass is 16.7. The molecule has 0 aliphatic carbocycles. The number of carbonyl (C=O) groups is 1. The maximum atomic E-state index is 12.1. The summed E-state index contributed by atoms with van der Waals surface area (Å²) in [6, 6.07) is 7.95. The van der Waals surface area contributed by atoms with Gasteiger partial charge in [0.2, 0.25) is 0 Å². The van der Waals surface area contributed by atoms with E-state index in [1.54, 1.807) is 4.73 Å². The van der Waals surface area contributed by atoms with Gasteiger partial charge in [0.05, 0.1) is 22.8 Å². The number of benzene rings is 1. The Morgan fingerprint density at radius 1 is 1.22 bits per heavy atom. The summed E-state index contributed by atoms with van der Waals surface area (Å²) >= 11 is 0. The summed E-state index contributed by atoms with van der Waals surface area (Å²) < 4.78 is 1.63. The maximum Gasteiger partial charge on any atom is 0.332 e. The molecule has 23 heavy (non-hydrogen) atoms. The fourth-order valence-electron chi connectivity index (χ4n) is 2.71. The van der Waals surface area contributed by atoms with Crippen LogP contribution in [0.5, 0.6) is 0 Å². The van der Waals surface area contributed by atoms with Crippen molar-refractivity contribution < 1.29 is 9.63 Å². The molecule has 1 aromatic heterocycles. The number of nitriles is 1. The third-order valence-corrected chi connectivity index (χ3v) is 4.09. The molecule has 0 aliphatic heterocycles. The van der Waals surface area contributed by atoms with Gasteiger partial charge in [-0.3, -0.25) is 0 Å². The van der Waals surface area contributed by atoms with Crippen LogP contribution in [-0.4, -0.2) is 10.7 Å². The van der Waals surface area contributed by atoms with Crippen LogP contribution in [-0.2, 0) is 11.2 Å². The van der Waals surface area contributed by atoms with E-state index in [0.717, 1.165) is 54.3 Å². The summed E-state index contributed by atoms with van der Waals surface area (Å²) in [6.07, 6.45) is 5.43. The molecule has 2 rings (SSSR count). The molecule has 122 valence electrons. The number of rotatable bonds is 7. The minimum absolute atomic E-state index is 0.199. The summed E-state index contributed by atoms with van der Waals surface area (Å²) in [5.41, 5.74) is 3.33. The summed E-state index contributed by atoms with van der Waals surface area (Å²) in [7, 11) is 0. The first-order chi connectivity index (χ1) is 11.1. The monoisotopic (exact) mass is 312 g/mol. The van der Waals surface area contributed by atoms with Crippen LogP contribution >= 0.6 is 0 Å². The number of hydrogen-bond donors (Lipinski definition) is 0. The van der Waals surface area contributed by atoms with Crippen LogP contribution in [0.3, 0.4) is 0 Å². The van der Waals surface area contributed by atoms with Gasteiger partial charge in [-0.2, -0.15) is 9.99 Å². The van der Waals surface area contributed by atoms with Crippen molar-refractivity contribution in [1.29, 1.82) is 5.26 Å². The topological polar surface area (TPSA) is 55.0 Å². The quantitative estimate of drug-likeness (QED) is 0.716. The SMILES string of the molecule is CCCCCCC(=O)On1c(CC)cc2cc(C#N)c(C)cc21. The number of nitrogens with zero attached hydrogens (tertiary/aromatic N) is 2. The third-order valence-electron chi connectivity index (χ3n) is 4.09. The maximum absolute atomic E-state index is 12.1. The Bertz CT molecular complexity index is 738. The lowest BCUT2D eigenvalue weighted by Gasteiger charge is -2.10. The molecule has 1 heterocycles. The lowest BCUT2D eigenvalue weighted by molar-refractivity contribution is -0.144. The van der Waals surface area contributed by atoms with Crippen molar-refractivity contribution in [2.24, 2.45) is 0 Å². The molecule has 4 heteroatoms. The minimum Gasteiger partial charge on any atom is -0.336 e. The van der Waals surface area contributed by atoms with Gasteiger partial charge < -0.3 is 4.84 Å². The Morgan fingerprint density at radius 2 is 2.00 bits per heavy atom. The first kappa shape index (κ1) is 17.1. The van der Waals surface area contributed by atoms with Gasteiger partial charge in [0, 0.05) is 11.8 Å². The van der Waals surface area contributed by atoms with E-state index < -0.39 is 0 Å². The molecule has 4 nitrogen and oxygen atoms in total. The van der Waals surface area contributed by atoms with Crippen LogP contribution < -0.4 is 4.84 Å². The van der Waals surface area contributed by atoms with E-state index in [4.69, 9.17) is 10.1 Å². The van der Waals surface area contributed by atoms with Crippen LogP contribution in [0.4, 0.5) is 0 Å². The Balaban J connectivity index is 2.23. The highest BCUT2D eigenvalue weighted by Crippen LogP contribution is 2.23. The molecule has 2 aromatic rings. The van der Waals surface area contributed by atoms with Crippen molar-refractivity contribution in [3.05, 3.63) is 35.0 Å². The fourth-order valence-corrected chi connectivity index (χ4v) is 2.71. The number of fused-ring (bicyclic) bond motifs is 1. The van der Waals surface area contributed by atoms with Crippen molar-refractivity contribution in [1.82, 2.24) is 4.73 Å². The molecule has 0 unspecified atom stereocenters. The zero-order valence-corrected chi connectivity index (χ0v) is 14.2. The van der Waals surface area contributed by atoms with E-state index in [0.29, 0.717) is 12.0 Å². The third kappa shape index (κ3) is 3.92. The minimum atomic E-state index is -0.199. The molecular formula is C19H24N2O2. The van der Waals surface area contributed by atoms with Gasteiger partial charge in [-0.25, -0.2) is 4.79 Å². The van der Waals surface area contributed by atoms with E-state index in [1.807, 2.05) is 32.0 Å². The molecule has 0 spiro atoms. The number of hydrogen-bond acceptors (Lipinski definition) is 3. The van der Waals surface area contributed by atoms with Crippen molar-refractivity contribution in [2.75, 3.05) is 0 Å². The second kappa shape index (κ2) is 7.82. The molecule has 0 N–H and O–H groups in total. The predicted octanol–water partition coefficient (Wildman–Crippen LogP) is 4.31. The summed E-state index contributed by atoms with van der Waals surface area (Å²) in [5, 5.41) is 10.1. The Labute approximate surface area is 137 Å². The largest absolute Gasteiger partial charge is 0.336 e. The number of carbonyl (C=O) groups excluding carboxylic acids is 1. The van der Waals surface area contributed by atoms with Gasteiger partial charge in [-0.1, -0.05) is 33.1 Å². The number of aryl methyl sites for hydroxylation is 2. The fraction of sp³-hybridized carbons (Fsp3) is 0.474. The number of unbranched alkanes of at least 4 members (excludes halogenated alkanes) is 3. The molecule has 1 aromatic carbocycles. The van der Waals surface area contributed by atoms with Crippen molar-refractivity contribution in [3.8, 4) is 6.07 Å². The lowest BCUT2D eigenvalue weighted by Crippen LogP contribution is -2.21. The average molecular weight is 312 g/mol. The van der Waals surface area contributed by atoms with Crippen molar-refractivity contribution >= 4 is 16.9 Å². The number of aromatic nitrogens is 1. The van der Waals surface area contributed by atoms with Gasteiger partial charge in [0.25, 0.3) is 0 Å². The zero-order chi connectivity index (χ0) is 16.8. The second-order valence-electron chi connectivity index (χ2n) is 5.90. The summed E-state index contributed by atoms with van der Waals surface area (Å²) in [4.78, 5) is 17.7. The smallest absolute Gasteiger partial charge is 0.332 e. The molecule has 0 radical (unpaired) electrons. The standard InChI is InChI=1S/C19H24N2O2/c1-4-6-7-8-9-19(22)23-21-17(5-2)12-15-11-16(13-20)14(3)10-18(15)21/h10-12H,4-9H2,1-3H3. The van der Waals surface area contributed by atoms with Crippen LogP contribution in [0, 0.1) is 18.3 Å². The van der Waals surface area contributed by atoms with E-state index in [-0.39, 0.29) is 5.97 Å². The van der Waals surface area contributed by atoms with Crippen LogP contribution in [0.1, 0.15) is 62.8 Å². The van der Waals surface area contributed by atoms with E-state index in [9.17, 15) is 4.79 Å². The predicted molar refractivity (Wildman–Crippen MR) is 91.1 cm³/mol. The second-order valence-corrected chi connectivity index (χ2v) is 5.90. The van der Waals surface area contributed by atoms with Crippen molar-refractivity contribution in [3.63, 3.8) is 0 Å². The van der Waals surface area contributed by atoms with E-state index in [2.05, 4.69) is 13.0 Å². The molecule has 0 saturated heterocycles. The molecular weight excluding hydrogens is 288 g/mol. The average Bonchev–Trinajstić information content (AvgIpc) is 2.87. The Hall–Kier alpha value is -2.28. The van der Waals surface area contributed by atoms with E-state index in [1.165, 1.54) is 0 Å². The highest BCUT2D eigenvalue weighted by Gasteiger charge is 2.14. The summed E-state index contributed by atoms with van der Waals surface area (Å²) in [6.45, 7) is 6.07. The normalized spacial score (nSPS) is 10.7.